The van der Waals surface area contributed by atoms with Crippen molar-refractivity contribution in [1.29, 1.82) is 0 Å². The fraction of sp³-hybridized carbons (Fsp3) is 0.318. The van der Waals surface area contributed by atoms with Crippen molar-refractivity contribution in [2.24, 2.45) is 0 Å². The van der Waals surface area contributed by atoms with E-state index in [2.05, 4.69) is 15.5 Å². The Morgan fingerprint density at radius 2 is 1.83 bits per heavy atom. The first-order chi connectivity index (χ1) is 14.0. The summed E-state index contributed by atoms with van der Waals surface area (Å²) in [7, 11) is 0. The summed E-state index contributed by atoms with van der Waals surface area (Å²) in [5.41, 5.74) is 3.34. The van der Waals surface area contributed by atoms with Crippen LogP contribution < -0.4 is 5.32 Å². The summed E-state index contributed by atoms with van der Waals surface area (Å²) >= 11 is 1.35. The summed E-state index contributed by atoms with van der Waals surface area (Å²) in [5, 5.41) is 11.9. The van der Waals surface area contributed by atoms with Crippen LogP contribution in [0.5, 0.6) is 0 Å². The predicted molar refractivity (Wildman–Crippen MR) is 114 cm³/mol. The van der Waals surface area contributed by atoms with Gasteiger partial charge in [-0.1, -0.05) is 42.1 Å². The van der Waals surface area contributed by atoms with E-state index < -0.39 is 0 Å². The van der Waals surface area contributed by atoms with Crippen LogP contribution in [0.25, 0.3) is 11.4 Å². The molecular weight excluding hydrogens is 387 g/mol. The predicted octanol–water partition coefficient (Wildman–Crippen LogP) is 5.16. The summed E-state index contributed by atoms with van der Waals surface area (Å²) in [5.74, 6) is 0.111. The first-order valence-electron chi connectivity index (χ1n) is 9.69. The number of thioether (sulfide) groups is 1. The highest BCUT2D eigenvalue weighted by molar-refractivity contribution is 8.00. The molecule has 1 aliphatic rings. The minimum atomic E-state index is -0.371. The van der Waals surface area contributed by atoms with Gasteiger partial charge in [0.15, 0.2) is 11.0 Å². The van der Waals surface area contributed by atoms with Crippen LogP contribution >= 0.6 is 11.8 Å². The third-order valence-electron chi connectivity index (χ3n) is 5.07. The average molecular weight is 411 g/mol. The third kappa shape index (κ3) is 4.05. The molecule has 1 fully saturated rings. The lowest BCUT2D eigenvalue weighted by Gasteiger charge is -2.16. The van der Waals surface area contributed by atoms with Gasteiger partial charge in [-0.15, -0.1) is 10.2 Å². The molecule has 5 nitrogen and oxygen atoms in total. The maximum absolute atomic E-state index is 14.3. The van der Waals surface area contributed by atoms with Crippen LogP contribution in [0, 0.1) is 19.7 Å². The van der Waals surface area contributed by atoms with Crippen LogP contribution in [0.4, 0.5) is 10.1 Å². The monoisotopic (exact) mass is 410 g/mol. The molecular formula is C22H23FN4OS. The molecule has 2 aromatic carbocycles. The van der Waals surface area contributed by atoms with Crippen LogP contribution in [0.3, 0.4) is 0 Å². The molecule has 0 aliphatic heterocycles. The van der Waals surface area contributed by atoms with Gasteiger partial charge >= 0.3 is 0 Å². The molecule has 1 aliphatic carbocycles. The topological polar surface area (TPSA) is 59.8 Å². The molecule has 0 bridgehead atoms. The molecule has 3 aromatic rings. The minimum absolute atomic E-state index is 0.0924. The molecule has 1 atom stereocenters. The van der Waals surface area contributed by atoms with Gasteiger partial charge < -0.3 is 5.32 Å². The maximum atomic E-state index is 14.3. The number of carbonyl (C=O) groups excluding carboxylic acids is 1. The van der Waals surface area contributed by atoms with Gasteiger partial charge in [0.2, 0.25) is 5.91 Å². The van der Waals surface area contributed by atoms with Gasteiger partial charge in [-0.05, 0) is 56.9 Å². The number of para-hydroxylation sites is 1. The Bertz CT molecular complexity index is 1040. The summed E-state index contributed by atoms with van der Waals surface area (Å²) in [6.45, 7) is 5.80. The molecule has 0 saturated heterocycles. The Balaban J connectivity index is 1.57. The van der Waals surface area contributed by atoms with Gasteiger partial charge in [0, 0.05) is 11.7 Å². The number of anilines is 1. The van der Waals surface area contributed by atoms with Crippen LogP contribution in [0.1, 0.15) is 36.9 Å². The lowest BCUT2D eigenvalue weighted by molar-refractivity contribution is -0.115. The first-order valence-corrected chi connectivity index (χ1v) is 10.6. The number of benzene rings is 2. The minimum Gasteiger partial charge on any atom is -0.325 e. The molecule has 0 unspecified atom stereocenters. The summed E-state index contributed by atoms with van der Waals surface area (Å²) in [6.07, 6.45) is 2.02. The molecule has 0 radical (unpaired) electrons. The number of nitrogens with one attached hydrogen (secondary N) is 1. The van der Waals surface area contributed by atoms with Crippen LogP contribution in [-0.4, -0.2) is 25.9 Å². The molecule has 0 spiro atoms. The standard InChI is InChI=1S/C22H23FN4OS/c1-13-7-6-8-14(2)19(13)24-21(28)15(3)29-22-26-25-20(27(22)16-11-12-16)17-9-4-5-10-18(17)23/h4-10,15-16H,11-12H2,1-3H3,(H,24,28)/t15-/m1/s1. The summed E-state index contributed by atoms with van der Waals surface area (Å²) in [4.78, 5) is 12.8. The van der Waals surface area contributed by atoms with Gasteiger partial charge in [0.25, 0.3) is 0 Å². The zero-order valence-electron chi connectivity index (χ0n) is 16.6. The Hall–Kier alpha value is -2.67. The largest absolute Gasteiger partial charge is 0.325 e. The highest BCUT2D eigenvalue weighted by atomic mass is 32.2. The summed E-state index contributed by atoms with van der Waals surface area (Å²) < 4.78 is 16.3. The molecule has 150 valence electrons. The zero-order chi connectivity index (χ0) is 20.5. The van der Waals surface area contributed by atoms with Crippen LogP contribution in [-0.2, 0) is 4.79 Å². The number of hydrogen-bond acceptors (Lipinski definition) is 4. The second-order valence-electron chi connectivity index (χ2n) is 7.40. The lowest BCUT2D eigenvalue weighted by Crippen LogP contribution is -2.24. The number of halogens is 1. The van der Waals surface area contributed by atoms with E-state index in [-0.39, 0.29) is 23.0 Å². The lowest BCUT2D eigenvalue weighted by atomic mass is 10.1. The molecule has 4 rings (SSSR count). The fourth-order valence-corrected chi connectivity index (χ4v) is 4.21. The Kier molecular flexibility index (Phi) is 5.41. The Morgan fingerprint density at radius 1 is 1.14 bits per heavy atom. The molecule has 1 amide bonds. The highest BCUT2D eigenvalue weighted by Crippen LogP contribution is 2.42. The van der Waals surface area contributed by atoms with Crippen molar-refractivity contribution in [2.75, 3.05) is 5.32 Å². The number of amides is 1. The highest BCUT2D eigenvalue weighted by Gasteiger charge is 2.32. The number of hydrogen-bond donors (Lipinski definition) is 1. The average Bonchev–Trinajstić information content (AvgIpc) is 3.45. The van der Waals surface area contributed by atoms with Crippen molar-refractivity contribution in [3.8, 4) is 11.4 Å². The van der Waals surface area contributed by atoms with E-state index in [1.807, 2.05) is 43.5 Å². The SMILES string of the molecule is Cc1cccc(C)c1NC(=O)[C@@H](C)Sc1nnc(-c2ccccc2F)n1C1CC1. The molecule has 1 N–H and O–H groups in total. The van der Waals surface area contributed by atoms with E-state index in [1.165, 1.54) is 17.8 Å². The number of aromatic nitrogens is 3. The van der Waals surface area contributed by atoms with Crippen molar-refractivity contribution in [2.45, 2.75) is 50.1 Å². The van der Waals surface area contributed by atoms with Crippen molar-refractivity contribution in [3.05, 3.63) is 59.4 Å². The van der Waals surface area contributed by atoms with Gasteiger partial charge in [-0.25, -0.2) is 4.39 Å². The molecule has 1 heterocycles. The van der Waals surface area contributed by atoms with E-state index in [0.29, 0.717) is 16.5 Å². The van der Waals surface area contributed by atoms with Gasteiger partial charge in [0.1, 0.15) is 5.82 Å². The molecule has 1 aromatic heterocycles. The van der Waals surface area contributed by atoms with Gasteiger partial charge in [-0.2, -0.15) is 0 Å². The van der Waals surface area contributed by atoms with Gasteiger partial charge in [0.05, 0.1) is 10.8 Å². The van der Waals surface area contributed by atoms with E-state index in [0.717, 1.165) is 29.7 Å². The molecule has 1 saturated carbocycles. The number of nitrogens with zero attached hydrogens (tertiary/aromatic N) is 3. The normalized spacial score (nSPS) is 14.6. The Morgan fingerprint density at radius 3 is 2.48 bits per heavy atom. The third-order valence-corrected chi connectivity index (χ3v) is 6.13. The van der Waals surface area contributed by atoms with E-state index in [9.17, 15) is 9.18 Å². The zero-order valence-corrected chi connectivity index (χ0v) is 17.5. The van der Waals surface area contributed by atoms with Crippen LogP contribution in [0.15, 0.2) is 47.6 Å². The number of aryl methyl sites for hydroxylation is 2. The second kappa shape index (κ2) is 7.99. The quantitative estimate of drug-likeness (QED) is 0.571. The first kappa shape index (κ1) is 19.6. The number of carbonyl (C=O) groups is 1. The Labute approximate surface area is 173 Å². The van der Waals surface area contributed by atoms with E-state index in [1.54, 1.807) is 18.2 Å². The van der Waals surface area contributed by atoms with Crippen molar-refractivity contribution in [1.82, 2.24) is 14.8 Å². The molecule has 7 heteroatoms. The van der Waals surface area contributed by atoms with E-state index in [4.69, 9.17) is 0 Å². The second-order valence-corrected chi connectivity index (χ2v) is 8.71. The smallest absolute Gasteiger partial charge is 0.237 e. The molecule has 29 heavy (non-hydrogen) atoms. The summed E-state index contributed by atoms with van der Waals surface area (Å²) in [6, 6.07) is 12.8. The number of rotatable bonds is 6. The van der Waals surface area contributed by atoms with Crippen molar-refractivity contribution >= 4 is 23.4 Å². The van der Waals surface area contributed by atoms with E-state index >= 15 is 0 Å². The van der Waals surface area contributed by atoms with Crippen molar-refractivity contribution < 1.29 is 9.18 Å². The van der Waals surface area contributed by atoms with Crippen LogP contribution in [0.2, 0.25) is 0 Å². The van der Waals surface area contributed by atoms with Crippen molar-refractivity contribution in [3.63, 3.8) is 0 Å². The fourth-order valence-electron chi connectivity index (χ4n) is 3.29. The van der Waals surface area contributed by atoms with Gasteiger partial charge in [-0.3, -0.25) is 9.36 Å². The maximum Gasteiger partial charge on any atom is 0.237 e.